The maximum absolute atomic E-state index is 12.7. The first-order valence-electron chi connectivity index (χ1n) is 13.7. The molecule has 0 saturated carbocycles. The first-order valence-corrected chi connectivity index (χ1v) is 15.7. The van der Waals surface area contributed by atoms with E-state index >= 15 is 0 Å². The van der Waals surface area contributed by atoms with Crippen molar-refractivity contribution in [2.75, 3.05) is 28.4 Å². The molecular formula is C29H36Cl2N6O4S. The lowest BCUT2D eigenvalue weighted by Crippen LogP contribution is -2.31. The Hall–Kier alpha value is -3.15. The van der Waals surface area contributed by atoms with Crippen LogP contribution in [0.15, 0.2) is 39.5 Å². The highest BCUT2D eigenvalue weighted by Crippen LogP contribution is 2.37. The summed E-state index contributed by atoms with van der Waals surface area (Å²) in [6, 6.07) is 5.35. The summed E-state index contributed by atoms with van der Waals surface area (Å²) < 4.78 is 4.84. The number of rotatable bonds is 9. The largest absolute Gasteiger partial charge is 0.462 e. The van der Waals surface area contributed by atoms with Crippen LogP contribution in [0.2, 0.25) is 5.02 Å². The van der Waals surface area contributed by atoms with Crippen molar-refractivity contribution in [3.05, 3.63) is 45.0 Å². The molecule has 0 unspecified atom stereocenters. The summed E-state index contributed by atoms with van der Waals surface area (Å²) in [4.78, 5) is 51.1. The van der Waals surface area contributed by atoms with Crippen LogP contribution >= 0.6 is 35.0 Å². The van der Waals surface area contributed by atoms with Crippen LogP contribution in [0.25, 0.3) is 6.08 Å². The van der Waals surface area contributed by atoms with Gasteiger partial charge in [0, 0.05) is 28.3 Å². The number of amides is 2. The molecule has 226 valence electrons. The Morgan fingerprint density at radius 1 is 1.02 bits per heavy atom. The number of thioether (sulfide) groups is 1. The number of hydrogen-bond acceptors (Lipinski definition) is 10. The van der Waals surface area contributed by atoms with Crippen molar-refractivity contribution in [3.63, 3.8) is 0 Å². The van der Waals surface area contributed by atoms with Gasteiger partial charge in [-0.15, -0.1) is 0 Å². The minimum Gasteiger partial charge on any atom is -0.462 e. The Bertz CT molecular complexity index is 1340. The lowest BCUT2D eigenvalue weighted by molar-refractivity contribution is -0.137. The van der Waals surface area contributed by atoms with Crippen molar-refractivity contribution >= 4 is 76.4 Å². The van der Waals surface area contributed by atoms with Crippen molar-refractivity contribution < 1.29 is 19.1 Å². The van der Waals surface area contributed by atoms with Gasteiger partial charge in [-0.2, -0.15) is 15.0 Å². The molecule has 0 saturated heterocycles. The second-order valence-electron chi connectivity index (χ2n) is 10.1. The first kappa shape index (κ1) is 33.4. The lowest BCUT2D eigenvalue weighted by atomic mass is 9.93. The number of aromatic nitrogens is 3. The number of nitrogens with zero attached hydrogens (tertiary/aromatic N) is 4. The van der Waals surface area contributed by atoms with E-state index in [1.165, 1.54) is 22.7 Å². The molecule has 2 heterocycles. The standard InChI is InChI=1S/C19H17Cl2NO4.C10H19N5S/c1-2-26-19(25)16(21)10-11-9-12(7-8-15(11)20)22-17(23)13-5-3-4-6-14(13)18(22)24;1-6(2)11-8-13-9(12-7(3)4)15-10(14-8)16-5/h7-10H,2-6H2,1H3;6-7H,1-5H3,(H2,11,12,13,14,15)/b16-10-;. The van der Waals surface area contributed by atoms with Crippen LogP contribution in [0.3, 0.4) is 0 Å². The summed E-state index contributed by atoms with van der Waals surface area (Å²) in [5, 5.41) is 7.28. The highest BCUT2D eigenvalue weighted by Gasteiger charge is 2.39. The number of carbonyl (C=O) groups excluding carboxylic acids is 3. The van der Waals surface area contributed by atoms with E-state index in [4.69, 9.17) is 27.9 Å². The second kappa shape index (κ2) is 15.4. The van der Waals surface area contributed by atoms with E-state index < -0.39 is 5.97 Å². The maximum Gasteiger partial charge on any atom is 0.349 e. The Balaban J connectivity index is 0.000000260. The molecule has 13 heteroatoms. The fourth-order valence-corrected chi connectivity index (χ4v) is 4.94. The normalized spacial score (nSPS) is 15.1. The van der Waals surface area contributed by atoms with Crippen LogP contribution in [0.5, 0.6) is 0 Å². The Labute approximate surface area is 260 Å². The summed E-state index contributed by atoms with van der Waals surface area (Å²) >= 11 is 13.6. The molecular weight excluding hydrogens is 599 g/mol. The molecule has 42 heavy (non-hydrogen) atoms. The molecule has 1 aliphatic carbocycles. The molecule has 0 bridgehead atoms. The van der Waals surface area contributed by atoms with Crippen molar-refractivity contribution in [3.8, 4) is 0 Å². The molecule has 2 N–H and O–H groups in total. The van der Waals surface area contributed by atoms with Crippen LogP contribution in [-0.2, 0) is 19.1 Å². The van der Waals surface area contributed by atoms with Gasteiger partial charge in [-0.1, -0.05) is 35.0 Å². The van der Waals surface area contributed by atoms with Gasteiger partial charge in [-0.3, -0.25) is 9.59 Å². The lowest BCUT2D eigenvalue weighted by Gasteiger charge is -2.16. The molecule has 2 aliphatic rings. The maximum atomic E-state index is 12.7. The molecule has 0 spiro atoms. The third kappa shape index (κ3) is 8.68. The monoisotopic (exact) mass is 634 g/mol. The van der Waals surface area contributed by atoms with Crippen molar-refractivity contribution in [1.29, 1.82) is 0 Å². The van der Waals surface area contributed by atoms with Gasteiger partial charge in [-0.05, 0) is 96.4 Å². The quantitative estimate of drug-likeness (QED) is 0.137. The van der Waals surface area contributed by atoms with Crippen LogP contribution in [-0.4, -0.2) is 57.7 Å². The predicted octanol–water partition coefficient (Wildman–Crippen LogP) is 6.46. The van der Waals surface area contributed by atoms with Crippen LogP contribution < -0.4 is 15.5 Å². The summed E-state index contributed by atoms with van der Waals surface area (Å²) in [5.41, 5.74) is 2.04. The van der Waals surface area contributed by atoms with Gasteiger partial charge < -0.3 is 15.4 Å². The van der Waals surface area contributed by atoms with E-state index in [9.17, 15) is 14.4 Å². The number of imide groups is 1. The number of nitrogens with one attached hydrogen (secondary N) is 2. The van der Waals surface area contributed by atoms with E-state index in [1.807, 2.05) is 6.26 Å². The molecule has 1 aromatic carbocycles. The molecule has 4 rings (SSSR count). The van der Waals surface area contributed by atoms with E-state index in [1.54, 1.807) is 25.1 Å². The second-order valence-corrected chi connectivity index (χ2v) is 11.7. The molecule has 0 radical (unpaired) electrons. The number of carbonyl (C=O) groups is 3. The summed E-state index contributed by atoms with van der Waals surface area (Å²) in [6.07, 6.45) is 6.40. The van der Waals surface area contributed by atoms with Crippen molar-refractivity contribution in [1.82, 2.24) is 15.0 Å². The molecule has 0 atom stereocenters. The SMILES string of the molecule is CCOC(=O)/C(Cl)=C/c1cc(N2C(=O)C3=C(CCCC3)C2=O)ccc1Cl.CSc1nc(NC(C)C)nc(NC(C)C)n1. The predicted molar refractivity (Wildman–Crippen MR) is 169 cm³/mol. The zero-order valence-corrected chi connectivity index (χ0v) is 26.9. The summed E-state index contributed by atoms with van der Waals surface area (Å²) in [6.45, 7) is 10.1. The highest BCUT2D eigenvalue weighted by molar-refractivity contribution is 7.98. The summed E-state index contributed by atoms with van der Waals surface area (Å²) in [5.74, 6) is 0.0213. The van der Waals surface area contributed by atoms with Gasteiger partial charge in [0.05, 0.1) is 12.3 Å². The van der Waals surface area contributed by atoms with Gasteiger partial charge >= 0.3 is 5.97 Å². The minimum atomic E-state index is -0.666. The Morgan fingerprint density at radius 2 is 1.57 bits per heavy atom. The van der Waals surface area contributed by atoms with E-state index in [-0.39, 0.29) is 23.5 Å². The van der Waals surface area contributed by atoms with E-state index in [0.717, 1.165) is 18.0 Å². The fourth-order valence-electron chi connectivity index (χ4n) is 4.24. The molecule has 0 fully saturated rings. The average molecular weight is 636 g/mol. The number of esters is 1. The zero-order chi connectivity index (χ0) is 31.0. The Morgan fingerprint density at radius 3 is 2.05 bits per heavy atom. The van der Waals surface area contributed by atoms with Crippen molar-refractivity contribution in [2.45, 2.75) is 77.5 Å². The number of hydrogen-bond donors (Lipinski definition) is 2. The van der Waals surface area contributed by atoms with Gasteiger partial charge in [0.25, 0.3) is 11.8 Å². The molecule has 2 amide bonds. The number of benzene rings is 1. The highest BCUT2D eigenvalue weighted by atomic mass is 35.5. The fraction of sp³-hybridized carbons (Fsp3) is 0.448. The van der Waals surface area contributed by atoms with Gasteiger partial charge in [-0.25, -0.2) is 9.69 Å². The van der Waals surface area contributed by atoms with E-state index in [2.05, 4.69) is 53.3 Å². The minimum absolute atomic E-state index is 0.137. The van der Waals surface area contributed by atoms with Gasteiger partial charge in [0.2, 0.25) is 11.9 Å². The topological polar surface area (TPSA) is 126 Å². The molecule has 2 aromatic rings. The summed E-state index contributed by atoms with van der Waals surface area (Å²) in [7, 11) is 0. The third-order valence-corrected chi connectivity index (χ3v) is 7.17. The van der Waals surface area contributed by atoms with Gasteiger partial charge in [0.15, 0.2) is 5.16 Å². The smallest absolute Gasteiger partial charge is 0.349 e. The average Bonchev–Trinajstić information content (AvgIpc) is 3.19. The Kier molecular flexibility index (Phi) is 12.2. The van der Waals surface area contributed by atoms with Crippen LogP contribution in [0, 0.1) is 0 Å². The van der Waals surface area contributed by atoms with Crippen molar-refractivity contribution in [2.24, 2.45) is 0 Å². The third-order valence-electron chi connectivity index (χ3n) is 6.01. The van der Waals surface area contributed by atoms with Crippen LogP contribution in [0.1, 0.15) is 65.9 Å². The number of ether oxygens (including phenoxy) is 1. The van der Waals surface area contributed by atoms with Gasteiger partial charge in [0.1, 0.15) is 5.03 Å². The van der Waals surface area contributed by atoms with Crippen LogP contribution in [0.4, 0.5) is 17.6 Å². The number of anilines is 3. The molecule has 1 aromatic heterocycles. The molecule has 1 aliphatic heterocycles. The van der Waals surface area contributed by atoms with E-state index in [0.29, 0.717) is 64.2 Å². The molecule has 10 nitrogen and oxygen atoms in total. The zero-order valence-electron chi connectivity index (χ0n) is 24.6. The number of halogens is 2. The first-order chi connectivity index (χ1) is 19.9.